The van der Waals surface area contributed by atoms with Crippen molar-refractivity contribution in [3.63, 3.8) is 0 Å². The lowest BCUT2D eigenvalue weighted by atomic mass is 9.89. The van der Waals surface area contributed by atoms with E-state index in [1.54, 1.807) is 0 Å². The van der Waals surface area contributed by atoms with Gasteiger partial charge in [-0.25, -0.2) is 4.79 Å². The Hall–Kier alpha value is -2.03. The van der Waals surface area contributed by atoms with E-state index >= 15 is 0 Å². The van der Waals surface area contributed by atoms with Crippen LogP contribution in [0.5, 0.6) is 0 Å². The number of nitrogens with one attached hydrogen (secondary N) is 2. The van der Waals surface area contributed by atoms with Crippen LogP contribution in [0.2, 0.25) is 0 Å². The van der Waals surface area contributed by atoms with Gasteiger partial charge in [0.05, 0.1) is 11.5 Å². The molecule has 1 unspecified atom stereocenters. The van der Waals surface area contributed by atoms with Gasteiger partial charge in [0.15, 0.2) is 0 Å². The first-order chi connectivity index (χ1) is 8.72. The molecule has 6 nitrogen and oxygen atoms in total. The average molecular weight is 268 g/mol. The maximum absolute atomic E-state index is 11.5. The number of rotatable bonds is 6. The number of amides is 3. The number of urea groups is 1. The summed E-state index contributed by atoms with van der Waals surface area (Å²) >= 11 is 0. The predicted molar refractivity (Wildman–Crippen MR) is 70.2 cm³/mol. The van der Waals surface area contributed by atoms with Crippen LogP contribution < -0.4 is 10.6 Å². The molecule has 0 aromatic carbocycles. The van der Waals surface area contributed by atoms with Crippen LogP contribution in [0, 0.1) is 17.8 Å². The van der Waals surface area contributed by atoms with E-state index in [0.29, 0.717) is 6.42 Å². The van der Waals surface area contributed by atoms with Gasteiger partial charge < -0.3 is 10.4 Å². The second-order valence-electron chi connectivity index (χ2n) is 4.90. The van der Waals surface area contributed by atoms with Gasteiger partial charge in [0.2, 0.25) is 5.91 Å². The first kappa shape index (κ1) is 17.0. The van der Waals surface area contributed by atoms with Crippen LogP contribution in [0.25, 0.3) is 0 Å². The molecule has 0 radical (unpaired) electrons. The Bertz CT molecular complexity index is 396. The molecule has 0 heterocycles. The third-order valence-electron chi connectivity index (χ3n) is 2.52. The van der Waals surface area contributed by atoms with Gasteiger partial charge >= 0.3 is 12.0 Å². The molecule has 3 amide bonds. The summed E-state index contributed by atoms with van der Waals surface area (Å²) in [6.07, 6.45) is 6.35. The van der Waals surface area contributed by atoms with E-state index in [0.717, 1.165) is 6.42 Å². The van der Waals surface area contributed by atoms with E-state index < -0.39 is 29.4 Å². The highest BCUT2D eigenvalue weighted by molar-refractivity contribution is 5.96. The second-order valence-corrected chi connectivity index (χ2v) is 4.90. The van der Waals surface area contributed by atoms with E-state index in [2.05, 4.69) is 16.6 Å². The Morgan fingerprint density at radius 3 is 2.37 bits per heavy atom. The van der Waals surface area contributed by atoms with E-state index in [9.17, 15) is 14.4 Å². The van der Waals surface area contributed by atoms with Crippen molar-refractivity contribution in [1.29, 1.82) is 0 Å². The monoisotopic (exact) mass is 268 g/mol. The zero-order valence-corrected chi connectivity index (χ0v) is 11.4. The zero-order valence-electron chi connectivity index (χ0n) is 11.4. The Morgan fingerprint density at radius 2 is 1.95 bits per heavy atom. The number of carbonyl (C=O) groups excluding carboxylic acids is 2. The molecule has 0 rings (SSSR count). The zero-order chi connectivity index (χ0) is 15.1. The lowest BCUT2D eigenvalue weighted by Crippen LogP contribution is -2.45. The Kier molecular flexibility index (Phi) is 6.62. The van der Waals surface area contributed by atoms with Crippen molar-refractivity contribution >= 4 is 17.9 Å². The minimum atomic E-state index is -1.22. The fraction of sp³-hybridized carbons (Fsp3) is 0.615. The molecule has 0 bridgehead atoms. The number of hydrogen-bond donors (Lipinski definition) is 3. The number of carbonyl (C=O) groups is 3. The van der Waals surface area contributed by atoms with Crippen LogP contribution in [0.4, 0.5) is 4.79 Å². The summed E-state index contributed by atoms with van der Waals surface area (Å²) in [4.78, 5) is 33.8. The Balaban J connectivity index is 4.31. The highest BCUT2D eigenvalue weighted by atomic mass is 16.4. The largest absolute Gasteiger partial charge is 0.481 e. The van der Waals surface area contributed by atoms with Crippen molar-refractivity contribution in [2.24, 2.45) is 5.41 Å². The van der Waals surface area contributed by atoms with Gasteiger partial charge in [-0.1, -0.05) is 19.3 Å². The van der Waals surface area contributed by atoms with E-state index in [-0.39, 0.29) is 6.42 Å². The summed E-state index contributed by atoms with van der Waals surface area (Å²) in [5.41, 5.74) is -1.22. The molecule has 0 fully saturated rings. The van der Waals surface area contributed by atoms with Crippen LogP contribution >= 0.6 is 0 Å². The molecule has 106 valence electrons. The van der Waals surface area contributed by atoms with Crippen molar-refractivity contribution in [2.45, 2.75) is 46.1 Å². The molecule has 0 aliphatic heterocycles. The maximum Gasteiger partial charge on any atom is 0.322 e. The molecule has 0 saturated heterocycles. The van der Waals surface area contributed by atoms with Gasteiger partial charge in [-0.2, -0.15) is 0 Å². The summed E-state index contributed by atoms with van der Waals surface area (Å²) in [7, 11) is 0. The fourth-order valence-electron chi connectivity index (χ4n) is 1.33. The molecular formula is C13H20N2O4. The Labute approximate surface area is 112 Å². The van der Waals surface area contributed by atoms with Gasteiger partial charge in [0, 0.05) is 6.42 Å². The molecule has 1 atom stereocenters. The number of carboxylic acid groups (broad SMARTS) is 1. The summed E-state index contributed by atoms with van der Waals surface area (Å²) in [6, 6.07) is -1.15. The van der Waals surface area contributed by atoms with Crippen LogP contribution in [0.3, 0.4) is 0 Å². The number of imide groups is 1. The van der Waals surface area contributed by atoms with Crippen LogP contribution in [0.15, 0.2) is 0 Å². The first-order valence-electron chi connectivity index (χ1n) is 6.02. The number of terminal acetylenes is 1. The highest BCUT2D eigenvalue weighted by Crippen LogP contribution is 2.19. The lowest BCUT2D eigenvalue weighted by Gasteiger charge is -2.18. The molecule has 19 heavy (non-hydrogen) atoms. The molecule has 0 aliphatic carbocycles. The summed E-state index contributed by atoms with van der Waals surface area (Å²) in [5, 5.41) is 13.4. The molecular weight excluding hydrogens is 248 g/mol. The van der Waals surface area contributed by atoms with Crippen LogP contribution in [0.1, 0.15) is 40.0 Å². The molecule has 0 aromatic rings. The quantitative estimate of drug-likeness (QED) is 0.629. The van der Waals surface area contributed by atoms with E-state index in [1.165, 1.54) is 13.8 Å². The summed E-state index contributed by atoms with van der Waals surface area (Å²) in [5.74, 6) is 0.639. The van der Waals surface area contributed by atoms with Gasteiger partial charge in [-0.3, -0.25) is 14.9 Å². The van der Waals surface area contributed by atoms with Gasteiger partial charge in [0.25, 0.3) is 0 Å². The molecule has 0 aliphatic rings. The number of hydrogen-bond acceptors (Lipinski definition) is 3. The van der Waals surface area contributed by atoms with Gasteiger partial charge in [0.1, 0.15) is 0 Å². The average Bonchev–Trinajstić information content (AvgIpc) is 2.26. The van der Waals surface area contributed by atoms with Crippen molar-refractivity contribution in [3.8, 4) is 12.3 Å². The van der Waals surface area contributed by atoms with Crippen molar-refractivity contribution in [2.75, 3.05) is 0 Å². The highest BCUT2D eigenvalue weighted by Gasteiger charge is 2.30. The second kappa shape index (κ2) is 7.41. The molecule has 0 saturated carbocycles. The molecule has 6 heteroatoms. The van der Waals surface area contributed by atoms with Gasteiger partial charge in [-0.15, -0.1) is 6.42 Å². The van der Waals surface area contributed by atoms with Crippen molar-refractivity contribution < 1.29 is 19.5 Å². The lowest BCUT2D eigenvalue weighted by molar-refractivity contribution is -0.149. The normalized spacial score (nSPS) is 12.1. The summed E-state index contributed by atoms with van der Waals surface area (Å²) in [6.45, 7) is 4.74. The van der Waals surface area contributed by atoms with Crippen LogP contribution in [-0.4, -0.2) is 29.1 Å². The number of aliphatic carboxylic acids is 1. The van der Waals surface area contributed by atoms with E-state index in [4.69, 9.17) is 11.5 Å². The van der Waals surface area contributed by atoms with Gasteiger partial charge in [-0.05, 0) is 20.3 Å². The molecule has 3 N–H and O–H groups in total. The fourth-order valence-corrected chi connectivity index (χ4v) is 1.33. The van der Waals surface area contributed by atoms with Crippen LogP contribution in [-0.2, 0) is 9.59 Å². The van der Waals surface area contributed by atoms with Crippen molar-refractivity contribution in [3.05, 3.63) is 0 Å². The third kappa shape index (κ3) is 6.46. The minimum Gasteiger partial charge on any atom is -0.481 e. The standard InChI is InChI=1S/C13H20N2O4/c1-5-7-9(6-2)14-12(19)15-10(16)8-13(3,4)11(17)18/h2,9H,5,7-8H2,1,3-4H3,(H,17,18)(H2,14,15,16,19). The predicted octanol–water partition coefficient (Wildman–Crippen LogP) is 1.11. The van der Waals surface area contributed by atoms with E-state index in [1.807, 2.05) is 6.92 Å². The smallest absolute Gasteiger partial charge is 0.322 e. The summed E-state index contributed by atoms with van der Waals surface area (Å²) < 4.78 is 0. The SMILES string of the molecule is C#CC(CCC)NC(=O)NC(=O)CC(C)(C)C(=O)O. The first-order valence-corrected chi connectivity index (χ1v) is 6.02. The molecule has 0 aromatic heterocycles. The topological polar surface area (TPSA) is 95.5 Å². The third-order valence-corrected chi connectivity index (χ3v) is 2.52. The number of carboxylic acids is 1. The molecule has 0 spiro atoms. The Morgan fingerprint density at radius 1 is 1.37 bits per heavy atom. The minimum absolute atomic E-state index is 0.287. The van der Waals surface area contributed by atoms with Crippen molar-refractivity contribution in [1.82, 2.24) is 10.6 Å². The maximum atomic E-state index is 11.5.